The Hall–Kier alpha value is -0.970. The van der Waals surface area contributed by atoms with Crippen molar-refractivity contribution in [1.82, 2.24) is 19.5 Å². The van der Waals surface area contributed by atoms with Crippen molar-refractivity contribution in [3.63, 3.8) is 0 Å². The summed E-state index contributed by atoms with van der Waals surface area (Å²) in [6, 6.07) is 0. The first-order valence-corrected chi connectivity index (χ1v) is 12.8. The number of aromatic nitrogens is 4. The van der Waals surface area contributed by atoms with Gasteiger partial charge in [-0.05, 0) is 19.3 Å². The van der Waals surface area contributed by atoms with Crippen LogP contribution in [0.2, 0.25) is 0 Å². The minimum atomic E-state index is -2.48. The molecule has 0 amide bonds. The second-order valence-corrected chi connectivity index (χ2v) is 11.9. The van der Waals surface area contributed by atoms with Crippen LogP contribution in [0.3, 0.4) is 0 Å². The molecule has 8 nitrogen and oxygen atoms in total. The first kappa shape index (κ1) is 21.7. The van der Waals surface area contributed by atoms with Gasteiger partial charge in [0, 0.05) is 6.16 Å². The summed E-state index contributed by atoms with van der Waals surface area (Å²) in [6.45, 7) is 9.32. The van der Waals surface area contributed by atoms with Crippen LogP contribution in [-0.4, -0.2) is 61.8 Å². The van der Waals surface area contributed by atoms with Gasteiger partial charge in [0.1, 0.15) is 19.8 Å². The molecule has 0 spiro atoms. The quantitative estimate of drug-likeness (QED) is 0.223. The molecule has 3 heterocycles. The smallest absolute Gasteiger partial charge is 0.182 e. The molecule has 0 bridgehead atoms. The fraction of sp³-hybridized carbons (Fsp3) is 0.647. The first-order valence-electron chi connectivity index (χ1n) is 9.02. The Morgan fingerprint density at radius 2 is 2.25 bits per heavy atom. The number of halogens is 2. The van der Waals surface area contributed by atoms with Gasteiger partial charge in [-0.2, -0.15) is 0 Å². The van der Waals surface area contributed by atoms with E-state index in [1.807, 2.05) is 22.6 Å². The number of hydrogen-bond acceptors (Lipinski definition) is 7. The summed E-state index contributed by atoms with van der Waals surface area (Å²) in [7, 11) is -2.48. The maximum Gasteiger partial charge on any atom is 0.182 e. The molecule has 0 N–H and O–H groups in total. The molecule has 1 aliphatic rings. The van der Waals surface area contributed by atoms with E-state index >= 15 is 0 Å². The summed E-state index contributed by atoms with van der Waals surface area (Å²) >= 11 is 1.97. The van der Waals surface area contributed by atoms with Crippen molar-refractivity contribution in [3.05, 3.63) is 12.7 Å². The minimum Gasteiger partial charge on any atom is -0.344 e. The highest BCUT2D eigenvalue weighted by Gasteiger charge is 2.46. The van der Waals surface area contributed by atoms with Crippen LogP contribution in [0.15, 0.2) is 17.6 Å². The monoisotopic (exact) mass is 523 g/mol. The molecule has 11 heteroatoms. The maximum absolute atomic E-state index is 15.0. The molecule has 2 aromatic rings. The van der Waals surface area contributed by atoms with Crippen LogP contribution >= 0.6 is 29.7 Å². The van der Waals surface area contributed by atoms with Crippen LogP contribution < -0.4 is 0 Å². The van der Waals surface area contributed by atoms with Gasteiger partial charge in [0.05, 0.1) is 10.3 Å². The third-order valence-electron chi connectivity index (χ3n) is 4.78. The Labute approximate surface area is 176 Å². The molecule has 1 saturated heterocycles. The zero-order chi connectivity index (χ0) is 20.5. The van der Waals surface area contributed by atoms with E-state index in [0.717, 1.165) is 6.42 Å². The summed E-state index contributed by atoms with van der Waals surface area (Å²) in [6.07, 6.45) is 1.30. The topological polar surface area (TPSA) is 91.5 Å². The van der Waals surface area contributed by atoms with E-state index in [9.17, 15) is 8.96 Å². The van der Waals surface area contributed by atoms with Crippen molar-refractivity contribution >= 4 is 53.4 Å². The predicted molar refractivity (Wildman–Crippen MR) is 115 cm³/mol. The third-order valence-corrected chi connectivity index (χ3v) is 8.15. The normalized spacial score (nSPS) is 28.3. The Bertz CT molecular complexity index is 897. The van der Waals surface area contributed by atoms with E-state index in [1.54, 1.807) is 6.66 Å². The van der Waals surface area contributed by atoms with Crippen molar-refractivity contribution in [1.29, 1.82) is 0 Å². The van der Waals surface area contributed by atoms with Crippen LogP contribution in [0.4, 0.5) is 10.2 Å². The van der Waals surface area contributed by atoms with E-state index in [-0.39, 0.29) is 6.35 Å². The Morgan fingerprint density at radius 3 is 2.93 bits per heavy atom. The summed E-state index contributed by atoms with van der Waals surface area (Å²) in [5, 5.41) is 0. The molecule has 0 aromatic carbocycles. The van der Waals surface area contributed by atoms with E-state index in [4.69, 9.17) is 9.47 Å². The van der Waals surface area contributed by atoms with Gasteiger partial charge in [-0.15, -0.1) is 0 Å². The molecule has 28 heavy (non-hydrogen) atoms. The van der Waals surface area contributed by atoms with Crippen LogP contribution in [-0.2, 0) is 14.0 Å². The average Bonchev–Trinajstić information content (AvgIpc) is 3.21. The van der Waals surface area contributed by atoms with Gasteiger partial charge in [0.25, 0.3) is 0 Å². The van der Waals surface area contributed by atoms with E-state index in [1.165, 1.54) is 17.2 Å². The lowest BCUT2D eigenvalue weighted by Gasteiger charge is -2.21. The second kappa shape index (κ2) is 8.81. The van der Waals surface area contributed by atoms with Crippen molar-refractivity contribution in [3.8, 4) is 0 Å². The van der Waals surface area contributed by atoms with Crippen molar-refractivity contribution < 1.29 is 18.4 Å². The summed E-state index contributed by atoms with van der Waals surface area (Å²) in [5.74, 6) is 0.679. The molecule has 1 fully saturated rings. The highest BCUT2D eigenvalue weighted by atomic mass is 127. The molecule has 2 unspecified atom stereocenters. The van der Waals surface area contributed by atoms with Gasteiger partial charge in [-0.1, -0.05) is 42.9 Å². The molecule has 3 rings (SSSR count). The van der Waals surface area contributed by atoms with Crippen LogP contribution in [0.25, 0.3) is 11.2 Å². The van der Waals surface area contributed by atoms with Gasteiger partial charge in [-0.25, -0.2) is 24.3 Å². The number of hydrogen-bond donors (Lipinski definition) is 0. The molecule has 0 aliphatic carbocycles. The lowest BCUT2D eigenvalue weighted by molar-refractivity contribution is -0.139. The fourth-order valence-corrected chi connectivity index (χ4v) is 6.04. The standard InChI is InChI=1S/C17H24FIN5O3P/c1-5-10(2)6-28(4,25)9-26-17-12(19)11(18)16(27-17)24-8-23-13-14(20-3)21-7-22-15(13)24/h7-8,10-12,16-17H,3,5-6,9H2,1-2,4H3/t10-,11?,12-,16+,17?,28-/m0/s1. The highest BCUT2D eigenvalue weighted by Crippen LogP contribution is 2.46. The van der Waals surface area contributed by atoms with Gasteiger partial charge >= 0.3 is 0 Å². The van der Waals surface area contributed by atoms with Crippen LogP contribution in [0, 0.1) is 5.92 Å². The lowest BCUT2D eigenvalue weighted by Crippen LogP contribution is -2.25. The Balaban J connectivity index is 1.74. The highest BCUT2D eigenvalue weighted by molar-refractivity contribution is 14.1. The fourth-order valence-electron chi connectivity index (χ4n) is 3.16. The number of alkyl halides is 2. The number of ether oxygens (including phenoxy) is 2. The third kappa shape index (κ3) is 4.44. The Morgan fingerprint density at radius 1 is 1.50 bits per heavy atom. The molecular formula is C17H24FIN5O3P. The number of imidazole rings is 1. The number of nitrogens with zero attached hydrogens (tertiary/aromatic N) is 5. The minimum absolute atomic E-state index is 0.0678. The van der Waals surface area contributed by atoms with E-state index in [0.29, 0.717) is 29.1 Å². The Kier molecular flexibility index (Phi) is 6.84. The summed E-state index contributed by atoms with van der Waals surface area (Å²) < 4.78 is 40.3. The van der Waals surface area contributed by atoms with Crippen LogP contribution in [0.1, 0.15) is 26.5 Å². The molecule has 2 aromatic heterocycles. The van der Waals surface area contributed by atoms with E-state index < -0.39 is 29.8 Å². The number of rotatable bonds is 8. The van der Waals surface area contributed by atoms with Gasteiger partial charge in [0.2, 0.25) is 0 Å². The summed E-state index contributed by atoms with van der Waals surface area (Å²) in [4.78, 5) is 16.2. The van der Waals surface area contributed by atoms with Crippen LogP contribution in [0.5, 0.6) is 0 Å². The molecule has 1 aliphatic heterocycles. The van der Waals surface area contributed by atoms with Gasteiger partial charge in [0.15, 0.2) is 35.7 Å². The van der Waals surface area contributed by atoms with Crippen molar-refractivity contribution in [2.24, 2.45) is 10.9 Å². The SMILES string of the molecule is C=Nc1ncnc2c1ncn2[C@@H]1OC(OC[P@@](C)(=O)C[C@@H](C)CC)[C@@H](I)C1F. The molecule has 0 saturated carbocycles. The maximum atomic E-state index is 15.0. The average molecular weight is 523 g/mol. The van der Waals surface area contributed by atoms with Gasteiger partial charge < -0.3 is 14.0 Å². The molecule has 0 radical (unpaired) electrons. The number of fused-ring (bicyclic) bond motifs is 1. The van der Waals surface area contributed by atoms with Crippen molar-refractivity contribution in [2.45, 2.75) is 42.9 Å². The molecular weight excluding hydrogens is 499 g/mol. The van der Waals surface area contributed by atoms with Crippen molar-refractivity contribution in [2.75, 3.05) is 19.2 Å². The molecule has 6 atom stereocenters. The second-order valence-electron chi connectivity index (χ2n) is 7.25. The first-order chi connectivity index (χ1) is 13.3. The zero-order valence-corrected chi connectivity index (χ0v) is 19.1. The summed E-state index contributed by atoms with van der Waals surface area (Å²) in [5.41, 5.74) is 0.835. The predicted octanol–water partition coefficient (Wildman–Crippen LogP) is 4.17. The van der Waals surface area contributed by atoms with E-state index in [2.05, 4.69) is 40.5 Å². The van der Waals surface area contributed by atoms with Gasteiger partial charge in [-0.3, -0.25) is 4.57 Å². The zero-order valence-electron chi connectivity index (χ0n) is 16.0. The lowest BCUT2D eigenvalue weighted by atomic mass is 10.2. The largest absolute Gasteiger partial charge is 0.344 e. The number of aliphatic imine (C=N–C) groups is 1. The molecule has 154 valence electrons.